The highest BCUT2D eigenvalue weighted by Gasteiger charge is 2.42. The van der Waals surface area contributed by atoms with Gasteiger partial charge < -0.3 is 14.9 Å². The highest BCUT2D eigenvalue weighted by Crippen LogP contribution is 2.35. The Morgan fingerprint density at radius 2 is 1.75 bits per heavy atom. The van der Waals surface area contributed by atoms with E-state index in [1.807, 2.05) is 6.82 Å². The molecule has 0 amide bonds. The van der Waals surface area contributed by atoms with Crippen molar-refractivity contribution in [3.63, 3.8) is 0 Å². The molecule has 0 aliphatic carbocycles. The van der Waals surface area contributed by atoms with Gasteiger partial charge in [0.1, 0.15) is 0 Å². The second kappa shape index (κ2) is 3.02. The molecule has 2 rings (SSSR count). The Kier molecular flexibility index (Phi) is 2.15. The minimum atomic E-state index is -0.338. The molecule has 3 nitrogen and oxygen atoms in total. The van der Waals surface area contributed by atoms with E-state index in [9.17, 15) is 10.1 Å². The van der Waals surface area contributed by atoms with E-state index in [0.29, 0.717) is 12.1 Å². The number of aliphatic hydroxyl groups excluding tert-OH is 1. The molecule has 0 aromatic carbocycles. The fraction of sp³-hybridized carbons (Fsp3) is 1.00. The maximum Gasteiger partial charge on any atom is 0.376 e. The zero-order chi connectivity index (χ0) is 8.72. The molecule has 2 heterocycles. The SMILES string of the molecule is CB(O)N1[C@@H]2CC[C@H]1C[C@@H](O)C2. The molecule has 0 aromatic rings. The van der Waals surface area contributed by atoms with Crippen LogP contribution < -0.4 is 0 Å². The van der Waals surface area contributed by atoms with Gasteiger partial charge in [0.2, 0.25) is 0 Å². The first kappa shape index (κ1) is 8.54. The second-order valence-electron chi connectivity index (χ2n) is 4.09. The summed E-state index contributed by atoms with van der Waals surface area (Å²) in [5.74, 6) is 0. The van der Waals surface area contributed by atoms with Gasteiger partial charge in [-0.05, 0) is 32.5 Å². The highest BCUT2D eigenvalue weighted by atomic mass is 16.3. The van der Waals surface area contributed by atoms with E-state index in [1.54, 1.807) is 0 Å². The largest absolute Gasteiger partial charge is 0.437 e. The normalized spacial score (nSPS) is 41.8. The molecule has 4 heteroatoms. The summed E-state index contributed by atoms with van der Waals surface area (Å²) in [5.41, 5.74) is 0. The van der Waals surface area contributed by atoms with Crippen LogP contribution in [0.3, 0.4) is 0 Å². The first-order chi connectivity index (χ1) is 5.68. The van der Waals surface area contributed by atoms with Gasteiger partial charge in [-0.2, -0.15) is 0 Å². The molecule has 12 heavy (non-hydrogen) atoms. The predicted octanol–water partition coefficient (Wildman–Crippen LogP) is 0.0844. The van der Waals surface area contributed by atoms with Crippen LogP contribution in [-0.4, -0.2) is 40.2 Å². The van der Waals surface area contributed by atoms with Crippen molar-refractivity contribution < 1.29 is 10.1 Å². The van der Waals surface area contributed by atoms with Gasteiger partial charge in [0.05, 0.1) is 6.10 Å². The Hall–Kier alpha value is -0.0551. The minimum absolute atomic E-state index is 0.127. The Bertz CT molecular complexity index is 162. The molecule has 0 radical (unpaired) electrons. The van der Waals surface area contributed by atoms with E-state index in [-0.39, 0.29) is 13.2 Å². The quantitative estimate of drug-likeness (QED) is 0.546. The van der Waals surface area contributed by atoms with Crippen LogP contribution in [0, 0.1) is 0 Å². The van der Waals surface area contributed by atoms with Crippen molar-refractivity contribution in [3.8, 4) is 0 Å². The van der Waals surface area contributed by atoms with E-state index in [2.05, 4.69) is 4.81 Å². The van der Waals surface area contributed by atoms with Crippen molar-refractivity contribution in [1.82, 2.24) is 4.81 Å². The van der Waals surface area contributed by atoms with Crippen LogP contribution in [0.5, 0.6) is 0 Å². The van der Waals surface area contributed by atoms with Crippen molar-refractivity contribution in [2.45, 2.75) is 50.7 Å². The molecular weight excluding hydrogens is 153 g/mol. The molecule has 0 spiro atoms. The molecule has 2 bridgehead atoms. The number of nitrogens with zero attached hydrogens (tertiary/aromatic N) is 1. The van der Waals surface area contributed by atoms with Gasteiger partial charge in [-0.3, -0.25) is 0 Å². The summed E-state index contributed by atoms with van der Waals surface area (Å²) >= 11 is 0. The highest BCUT2D eigenvalue weighted by molar-refractivity contribution is 6.45. The Morgan fingerprint density at radius 3 is 2.17 bits per heavy atom. The standard InChI is InChI=1S/C8H16BNO2/c1-9(12)10-6-2-3-7(10)5-8(11)4-6/h6-8,11-12H,2-5H2,1H3/t6-,7+,8+. The van der Waals surface area contributed by atoms with Crippen LogP contribution in [0.25, 0.3) is 0 Å². The fourth-order valence-corrected chi connectivity index (χ4v) is 2.79. The summed E-state index contributed by atoms with van der Waals surface area (Å²) < 4.78 is 0. The van der Waals surface area contributed by atoms with Gasteiger partial charge in [-0.1, -0.05) is 0 Å². The average Bonchev–Trinajstić information content (AvgIpc) is 2.24. The lowest BCUT2D eigenvalue weighted by Gasteiger charge is -2.37. The molecule has 2 aliphatic rings. The van der Waals surface area contributed by atoms with E-state index in [0.717, 1.165) is 25.7 Å². The summed E-state index contributed by atoms with van der Waals surface area (Å²) in [4.78, 5) is 2.16. The Morgan fingerprint density at radius 1 is 1.25 bits per heavy atom. The summed E-state index contributed by atoms with van der Waals surface area (Å²) in [6.45, 7) is 1.82. The van der Waals surface area contributed by atoms with Gasteiger partial charge in [0.15, 0.2) is 0 Å². The number of aliphatic hydroxyl groups is 1. The van der Waals surface area contributed by atoms with Gasteiger partial charge >= 0.3 is 7.05 Å². The Labute approximate surface area is 73.5 Å². The zero-order valence-electron chi connectivity index (χ0n) is 7.48. The van der Waals surface area contributed by atoms with Crippen molar-refractivity contribution in [2.75, 3.05) is 0 Å². The molecule has 0 unspecified atom stereocenters. The second-order valence-corrected chi connectivity index (χ2v) is 4.09. The molecule has 68 valence electrons. The lowest BCUT2D eigenvalue weighted by atomic mass is 9.79. The van der Waals surface area contributed by atoms with E-state index < -0.39 is 0 Å². The number of hydrogen-bond donors (Lipinski definition) is 2. The van der Waals surface area contributed by atoms with Gasteiger partial charge in [0, 0.05) is 12.1 Å². The van der Waals surface area contributed by atoms with Crippen LogP contribution in [0.1, 0.15) is 25.7 Å². The van der Waals surface area contributed by atoms with Crippen LogP contribution in [0.15, 0.2) is 0 Å². The lowest BCUT2D eigenvalue weighted by Crippen LogP contribution is -2.51. The maximum absolute atomic E-state index is 9.49. The molecule has 2 N–H and O–H groups in total. The average molecular weight is 169 g/mol. The third-order valence-corrected chi connectivity index (χ3v) is 3.20. The fourth-order valence-electron chi connectivity index (χ4n) is 2.79. The van der Waals surface area contributed by atoms with Crippen LogP contribution in [-0.2, 0) is 0 Å². The molecule has 0 aromatic heterocycles. The minimum Gasteiger partial charge on any atom is -0.437 e. The van der Waals surface area contributed by atoms with Crippen molar-refractivity contribution >= 4 is 7.05 Å². The Balaban J connectivity index is 2.09. The maximum atomic E-state index is 9.49. The molecular formula is C8H16BNO2. The van der Waals surface area contributed by atoms with Crippen molar-refractivity contribution in [2.24, 2.45) is 0 Å². The van der Waals surface area contributed by atoms with Crippen molar-refractivity contribution in [1.29, 1.82) is 0 Å². The van der Waals surface area contributed by atoms with E-state index in [4.69, 9.17) is 0 Å². The van der Waals surface area contributed by atoms with Crippen LogP contribution in [0.2, 0.25) is 6.82 Å². The predicted molar refractivity (Wildman–Crippen MR) is 47.7 cm³/mol. The molecule has 2 saturated heterocycles. The number of fused-ring (bicyclic) bond motifs is 2. The topological polar surface area (TPSA) is 43.7 Å². The van der Waals surface area contributed by atoms with Crippen LogP contribution in [0.4, 0.5) is 0 Å². The summed E-state index contributed by atoms with van der Waals surface area (Å²) in [7, 11) is -0.338. The molecule has 2 aliphatic heterocycles. The van der Waals surface area contributed by atoms with Gasteiger partial charge in [-0.15, -0.1) is 0 Å². The van der Waals surface area contributed by atoms with Crippen molar-refractivity contribution in [3.05, 3.63) is 0 Å². The summed E-state index contributed by atoms with van der Waals surface area (Å²) in [6, 6.07) is 0.859. The smallest absolute Gasteiger partial charge is 0.376 e. The third kappa shape index (κ3) is 1.28. The molecule has 3 atom stereocenters. The number of hydrogen-bond acceptors (Lipinski definition) is 3. The van der Waals surface area contributed by atoms with E-state index >= 15 is 0 Å². The molecule has 0 saturated carbocycles. The van der Waals surface area contributed by atoms with Gasteiger partial charge in [0.25, 0.3) is 0 Å². The third-order valence-electron chi connectivity index (χ3n) is 3.20. The first-order valence-corrected chi connectivity index (χ1v) is 4.82. The first-order valence-electron chi connectivity index (χ1n) is 4.82. The lowest BCUT2D eigenvalue weighted by molar-refractivity contribution is 0.0687. The summed E-state index contributed by atoms with van der Waals surface area (Å²) in [5, 5.41) is 19.0. The summed E-state index contributed by atoms with van der Waals surface area (Å²) in [6.07, 6.45) is 3.86. The number of piperidine rings is 1. The van der Waals surface area contributed by atoms with Crippen LogP contribution >= 0.6 is 0 Å². The number of rotatable bonds is 1. The van der Waals surface area contributed by atoms with Gasteiger partial charge in [-0.25, -0.2) is 0 Å². The monoisotopic (exact) mass is 169 g/mol. The zero-order valence-corrected chi connectivity index (χ0v) is 7.48. The van der Waals surface area contributed by atoms with E-state index in [1.165, 1.54) is 0 Å². The molecule has 2 fully saturated rings.